The summed E-state index contributed by atoms with van der Waals surface area (Å²) in [6.07, 6.45) is 5.63. The van der Waals surface area contributed by atoms with Crippen molar-refractivity contribution in [3.05, 3.63) is 35.6 Å². The van der Waals surface area contributed by atoms with Gasteiger partial charge in [-0.2, -0.15) is 0 Å². The number of halogens is 2. The van der Waals surface area contributed by atoms with Crippen LogP contribution in [0.25, 0.3) is 0 Å². The molecule has 1 aliphatic heterocycles. The van der Waals surface area contributed by atoms with Crippen molar-refractivity contribution in [2.75, 3.05) is 39.5 Å². The van der Waals surface area contributed by atoms with E-state index in [9.17, 15) is 4.39 Å². The Bertz CT molecular complexity index is 602. The van der Waals surface area contributed by atoms with Crippen LogP contribution in [0.5, 0.6) is 0 Å². The van der Waals surface area contributed by atoms with Gasteiger partial charge in [-0.15, -0.1) is 24.0 Å². The van der Waals surface area contributed by atoms with Crippen molar-refractivity contribution in [3.8, 4) is 0 Å². The Kier molecular flexibility index (Phi) is 9.94. The topological polar surface area (TPSA) is 54.9 Å². The minimum atomic E-state index is -0.182. The van der Waals surface area contributed by atoms with Crippen LogP contribution < -0.4 is 10.6 Å². The number of aliphatic imine (C=N–C) groups is 1. The lowest BCUT2D eigenvalue weighted by Crippen LogP contribution is -2.42. The molecule has 0 radical (unpaired) electrons. The predicted octanol–water partition coefficient (Wildman–Crippen LogP) is 3.62. The highest BCUT2D eigenvalue weighted by Gasteiger charge is 2.38. The Balaban J connectivity index is 0.00000280. The average Bonchev–Trinajstić information content (AvgIpc) is 3.15. The van der Waals surface area contributed by atoms with Crippen LogP contribution in [0.4, 0.5) is 4.39 Å². The molecule has 0 spiro atoms. The summed E-state index contributed by atoms with van der Waals surface area (Å²) in [5, 5.41) is 6.71. The smallest absolute Gasteiger partial charge is 0.191 e. The molecule has 2 aliphatic rings. The molecular formula is C21H33FIN3O2. The van der Waals surface area contributed by atoms with Gasteiger partial charge in [-0.1, -0.05) is 18.6 Å². The van der Waals surface area contributed by atoms with Crippen molar-refractivity contribution in [2.24, 2.45) is 4.99 Å². The summed E-state index contributed by atoms with van der Waals surface area (Å²) in [6.45, 7) is 6.72. The molecule has 2 N–H and O–H groups in total. The maximum Gasteiger partial charge on any atom is 0.191 e. The summed E-state index contributed by atoms with van der Waals surface area (Å²) >= 11 is 0. The number of benzene rings is 1. The van der Waals surface area contributed by atoms with Gasteiger partial charge < -0.3 is 20.1 Å². The monoisotopic (exact) mass is 505 g/mol. The second-order valence-electron chi connectivity index (χ2n) is 7.47. The first kappa shape index (κ1) is 23.3. The minimum absolute atomic E-state index is 0. The van der Waals surface area contributed by atoms with E-state index < -0.39 is 0 Å². The summed E-state index contributed by atoms with van der Waals surface area (Å²) in [7, 11) is 0. The molecule has 1 atom stereocenters. The fourth-order valence-electron chi connectivity index (χ4n) is 3.69. The highest BCUT2D eigenvalue weighted by molar-refractivity contribution is 14.0. The predicted molar refractivity (Wildman–Crippen MR) is 121 cm³/mol. The Labute approximate surface area is 184 Å². The molecule has 1 aromatic carbocycles. The number of rotatable bonds is 9. The summed E-state index contributed by atoms with van der Waals surface area (Å²) in [5.74, 6) is 0.660. The van der Waals surface area contributed by atoms with Gasteiger partial charge in [0.15, 0.2) is 5.96 Å². The van der Waals surface area contributed by atoms with E-state index in [1.165, 1.54) is 12.0 Å². The lowest BCUT2D eigenvalue weighted by molar-refractivity contribution is 0.0420. The minimum Gasteiger partial charge on any atom is -0.379 e. The first-order valence-electron chi connectivity index (χ1n) is 10.2. The highest BCUT2D eigenvalue weighted by atomic mass is 127. The van der Waals surface area contributed by atoms with Crippen LogP contribution in [0.2, 0.25) is 0 Å². The fourth-order valence-corrected chi connectivity index (χ4v) is 3.69. The van der Waals surface area contributed by atoms with Crippen LogP contribution in [0.3, 0.4) is 0 Å². The van der Waals surface area contributed by atoms with Gasteiger partial charge in [-0.05, 0) is 50.3 Å². The second-order valence-corrected chi connectivity index (χ2v) is 7.47. The summed E-state index contributed by atoms with van der Waals surface area (Å²) in [5.41, 5.74) is 1.25. The Morgan fingerprint density at radius 3 is 2.68 bits per heavy atom. The van der Waals surface area contributed by atoms with Gasteiger partial charge in [0.05, 0.1) is 19.3 Å². The second kappa shape index (κ2) is 11.9. The SMILES string of the molecule is CCNC(=NCC1(c2ccc(F)cc2)CCC1)NCCCOC1CCOC1.I. The molecule has 1 aromatic rings. The normalized spacial score (nSPS) is 20.9. The summed E-state index contributed by atoms with van der Waals surface area (Å²) in [4.78, 5) is 4.82. The van der Waals surface area contributed by atoms with Gasteiger partial charge in [0.1, 0.15) is 5.82 Å². The molecule has 5 nitrogen and oxygen atoms in total. The van der Waals surface area contributed by atoms with E-state index in [1.807, 2.05) is 12.1 Å². The number of nitrogens with zero attached hydrogens (tertiary/aromatic N) is 1. The van der Waals surface area contributed by atoms with Crippen LogP contribution in [0.1, 0.15) is 44.6 Å². The third-order valence-corrected chi connectivity index (χ3v) is 5.51. The third kappa shape index (κ3) is 6.56. The first-order valence-corrected chi connectivity index (χ1v) is 10.2. The van der Waals surface area contributed by atoms with Gasteiger partial charge in [-0.3, -0.25) is 4.99 Å². The maximum absolute atomic E-state index is 13.2. The molecule has 3 rings (SSSR count). The van der Waals surface area contributed by atoms with Crippen molar-refractivity contribution in [2.45, 2.75) is 50.5 Å². The lowest BCUT2D eigenvalue weighted by Gasteiger charge is -2.41. The zero-order chi connectivity index (χ0) is 19.0. The van der Waals surface area contributed by atoms with Crippen molar-refractivity contribution >= 4 is 29.9 Å². The molecule has 0 aromatic heterocycles. The van der Waals surface area contributed by atoms with Crippen LogP contribution in [-0.2, 0) is 14.9 Å². The molecule has 1 saturated heterocycles. The fraction of sp³-hybridized carbons (Fsp3) is 0.667. The zero-order valence-corrected chi connectivity index (χ0v) is 19.0. The Hall–Kier alpha value is -0.930. The van der Waals surface area contributed by atoms with Crippen LogP contribution in [-0.4, -0.2) is 51.5 Å². The van der Waals surface area contributed by atoms with E-state index in [-0.39, 0.29) is 41.3 Å². The maximum atomic E-state index is 13.2. The molecule has 1 aliphatic carbocycles. The standard InChI is InChI=1S/C21H32FN3O2.HI/c1-2-23-20(24-12-4-13-27-19-9-14-26-15-19)25-16-21(10-3-11-21)17-5-7-18(22)8-6-17;/h5-8,19H,2-4,9-16H2,1H3,(H2,23,24,25);1H. The third-order valence-electron chi connectivity index (χ3n) is 5.51. The van der Waals surface area contributed by atoms with E-state index in [4.69, 9.17) is 14.5 Å². The molecule has 1 heterocycles. The van der Waals surface area contributed by atoms with E-state index in [0.717, 1.165) is 71.1 Å². The van der Waals surface area contributed by atoms with Gasteiger partial charge in [0.2, 0.25) is 0 Å². The van der Waals surface area contributed by atoms with Crippen molar-refractivity contribution in [3.63, 3.8) is 0 Å². The molecule has 1 unspecified atom stereocenters. The van der Waals surface area contributed by atoms with Gasteiger partial charge >= 0.3 is 0 Å². The van der Waals surface area contributed by atoms with Crippen molar-refractivity contribution < 1.29 is 13.9 Å². The largest absolute Gasteiger partial charge is 0.379 e. The molecule has 0 amide bonds. The number of nitrogens with one attached hydrogen (secondary N) is 2. The molecule has 1 saturated carbocycles. The molecule has 2 fully saturated rings. The first-order chi connectivity index (χ1) is 13.2. The van der Waals surface area contributed by atoms with Crippen LogP contribution in [0, 0.1) is 5.82 Å². The quantitative estimate of drug-likeness (QED) is 0.233. The highest BCUT2D eigenvalue weighted by Crippen LogP contribution is 2.44. The summed E-state index contributed by atoms with van der Waals surface area (Å²) in [6, 6.07) is 6.93. The van der Waals surface area contributed by atoms with Gasteiger partial charge in [0.25, 0.3) is 0 Å². The number of guanidine groups is 1. The zero-order valence-electron chi connectivity index (χ0n) is 16.7. The number of hydrogen-bond acceptors (Lipinski definition) is 3. The molecule has 158 valence electrons. The van der Waals surface area contributed by atoms with Crippen LogP contribution in [0.15, 0.2) is 29.3 Å². The van der Waals surface area contributed by atoms with E-state index in [0.29, 0.717) is 0 Å². The molecule has 28 heavy (non-hydrogen) atoms. The van der Waals surface area contributed by atoms with Gasteiger partial charge in [-0.25, -0.2) is 4.39 Å². The van der Waals surface area contributed by atoms with Gasteiger partial charge in [0, 0.05) is 31.7 Å². The van der Waals surface area contributed by atoms with E-state index in [2.05, 4.69) is 17.6 Å². The molecule has 0 bridgehead atoms. The van der Waals surface area contributed by atoms with Crippen molar-refractivity contribution in [1.82, 2.24) is 10.6 Å². The van der Waals surface area contributed by atoms with Crippen molar-refractivity contribution in [1.29, 1.82) is 0 Å². The molecule has 7 heteroatoms. The lowest BCUT2D eigenvalue weighted by atomic mass is 9.64. The Morgan fingerprint density at radius 2 is 2.07 bits per heavy atom. The number of hydrogen-bond donors (Lipinski definition) is 2. The summed E-state index contributed by atoms with van der Waals surface area (Å²) < 4.78 is 24.4. The van der Waals surface area contributed by atoms with E-state index >= 15 is 0 Å². The average molecular weight is 505 g/mol. The molecular weight excluding hydrogens is 472 g/mol. The van der Waals surface area contributed by atoms with E-state index in [1.54, 1.807) is 12.1 Å². The Morgan fingerprint density at radius 1 is 1.29 bits per heavy atom. The number of ether oxygens (including phenoxy) is 2. The van der Waals surface area contributed by atoms with Crippen LogP contribution >= 0.6 is 24.0 Å².